The lowest BCUT2D eigenvalue weighted by Gasteiger charge is -2.26. The van der Waals surface area contributed by atoms with Crippen molar-refractivity contribution in [3.63, 3.8) is 0 Å². The fourth-order valence-electron chi connectivity index (χ4n) is 1.72. The Balaban J connectivity index is 2.74. The lowest BCUT2D eigenvalue weighted by atomic mass is 9.92. The summed E-state index contributed by atoms with van der Waals surface area (Å²) in [4.78, 5) is 11.7. The van der Waals surface area contributed by atoms with Gasteiger partial charge in [0, 0.05) is 0 Å². The summed E-state index contributed by atoms with van der Waals surface area (Å²) in [6.45, 7) is -2.25. The van der Waals surface area contributed by atoms with E-state index >= 15 is 0 Å². The molecule has 1 saturated heterocycles. The third kappa shape index (κ3) is 3.09. The van der Waals surface area contributed by atoms with Gasteiger partial charge in [0.15, 0.2) is 5.78 Å². The Morgan fingerprint density at radius 3 is 2.32 bits per heavy atom. The molecule has 1 aliphatic rings. The van der Waals surface area contributed by atoms with Crippen LogP contribution in [-0.2, 0) is 9.53 Å². The smallest absolute Gasteiger partial charge is 0.195 e. The van der Waals surface area contributed by atoms with Crippen molar-refractivity contribution in [1.29, 1.82) is 0 Å². The average Bonchev–Trinajstić information content (AvgIpc) is 2.72. The number of hydrogen-bond donors (Lipinski definition) is 7. The molecule has 6 atom stereocenters. The molecule has 0 aromatic carbocycles. The zero-order valence-corrected chi connectivity index (χ0v) is 9.96. The normalized spacial score (nSPS) is 35.9. The summed E-state index contributed by atoms with van der Waals surface area (Å²) in [6.07, 6.45) is -9.24. The van der Waals surface area contributed by atoms with Gasteiger partial charge in [-0.1, -0.05) is 0 Å². The van der Waals surface area contributed by atoms with Crippen molar-refractivity contribution in [2.75, 3.05) is 19.8 Å². The molecule has 1 rings (SSSR count). The maximum atomic E-state index is 11.7. The first-order valence-corrected chi connectivity index (χ1v) is 5.60. The van der Waals surface area contributed by atoms with Crippen molar-refractivity contribution < 1.29 is 45.3 Å². The van der Waals surface area contributed by atoms with E-state index in [4.69, 9.17) is 20.1 Å². The maximum absolute atomic E-state index is 11.7. The Hall–Kier alpha value is -0.650. The molecule has 112 valence electrons. The number of hydrogen-bond acceptors (Lipinski definition) is 9. The lowest BCUT2D eigenvalue weighted by Crippen LogP contribution is -2.53. The fourth-order valence-corrected chi connectivity index (χ4v) is 1.72. The largest absolute Gasteiger partial charge is 0.394 e. The van der Waals surface area contributed by atoms with Gasteiger partial charge in [-0.3, -0.25) is 4.79 Å². The van der Waals surface area contributed by atoms with Gasteiger partial charge in [-0.15, -0.1) is 0 Å². The van der Waals surface area contributed by atoms with Crippen molar-refractivity contribution in [1.82, 2.24) is 0 Å². The highest BCUT2D eigenvalue weighted by Crippen LogP contribution is 2.26. The molecule has 2 unspecified atom stereocenters. The van der Waals surface area contributed by atoms with Crippen LogP contribution in [0.1, 0.15) is 0 Å². The molecule has 7 N–H and O–H groups in total. The zero-order valence-electron chi connectivity index (χ0n) is 9.96. The molecular formula is C10H18O9. The molecule has 0 amide bonds. The SMILES string of the molecule is O=C(C1OCC(O)(CO)[C@H]1O)[C@H](O)[C@@H](O)[C@H](O)CO. The Kier molecular flexibility index (Phi) is 5.35. The first kappa shape index (κ1) is 16.4. The second-order valence-electron chi connectivity index (χ2n) is 4.53. The number of aliphatic hydroxyl groups excluding tert-OH is 6. The highest BCUT2D eigenvalue weighted by atomic mass is 16.5. The third-order valence-corrected chi connectivity index (χ3v) is 3.10. The predicted octanol–water partition coefficient (Wildman–Crippen LogP) is -4.89. The summed E-state index contributed by atoms with van der Waals surface area (Å²) in [7, 11) is 0. The molecule has 9 heteroatoms. The molecule has 0 aromatic rings. The van der Waals surface area contributed by atoms with E-state index in [0.717, 1.165) is 0 Å². The van der Waals surface area contributed by atoms with Gasteiger partial charge in [0.25, 0.3) is 0 Å². The molecule has 0 saturated carbocycles. The van der Waals surface area contributed by atoms with Gasteiger partial charge >= 0.3 is 0 Å². The molecule has 9 nitrogen and oxygen atoms in total. The Labute approximate surface area is 108 Å². The zero-order chi connectivity index (χ0) is 14.8. The Morgan fingerprint density at radius 1 is 1.32 bits per heavy atom. The van der Waals surface area contributed by atoms with Gasteiger partial charge in [-0.2, -0.15) is 0 Å². The number of aliphatic hydroxyl groups is 7. The first-order chi connectivity index (χ1) is 8.78. The van der Waals surface area contributed by atoms with Gasteiger partial charge in [-0.05, 0) is 0 Å². The highest BCUT2D eigenvalue weighted by molar-refractivity contribution is 5.88. The van der Waals surface area contributed by atoms with Crippen LogP contribution in [0.25, 0.3) is 0 Å². The Morgan fingerprint density at radius 2 is 1.89 bits per heavy atom. The summed E-state index contributed by atoms with van der Waals surface area (Å²) in [5.41, 5.74) is -2.03. The Bertz CT molecular complexity index is 322. The molecule has 19 heavy (non-hydrogen) atoms. The van der Waals surface area contributed by atoms with Crippen LogP contribution in [0, 0.1) is 0 Å². The highest BCUT2D eigenvalue weighted by Gasteiger charge is 2.52. The van der Waals surface area contributed by atoms with E-state index in [9.17, 15) is 25.2 Å². The monoisotopic (exact) mass is 282 g/mol. The molecule has 0 bridgehead atoms. The van der Waals surface area contributed by atoms with E-state index in [1.807, 2.05) is 0 Å². The number of carbonyl (C=O) groups is 1. The van der Waals surface area contributed by atoms with Gasteiger partial charge < -0.3 is 40.5 Å². The summed E-state index contributed by atoms with van der Waals surface area (Å²) >= 11 is 0. The minimum absolute atomic E-state index is 0.521. The average molecular weight is 282 g/mol. The van der Waals surface area contributed by atoms with Crippen LogP contribution >= 0.6 is 0 Å². The van der Waals surface area contributed by atoms with Gasteiger partial charge in [0.1, 0.15) is 36.1 Å². The van der Waals surface area contributed by atoms with Crippen molar-refractivity contribution >= 4 is 5.78 Å². The van der Waals surface area contributed by atoms with E-state index in [-0.39, 0.29) is 0 Å². The quantitative estimate of drug-likeness (QED) is 0.252. The molecule has 0 aliphatic carbocycles. The first-order valence-electron chi connectivity index (χ1n) is 5.60. The molecule has 1 aliphatic heterocycles. The van der Waals surface area contributed by atoms with Crippen molar-refractivity contribution in [3.8, 4) is 0 Å². The number of ketones is 1. The van der Waals surface area contributed by atoms with Crippen molar-refractivity contribution in [2.45, 2.75) is 36.1 Å². The molecule has 1 heterocycles. The number of rotatable bonds is 6. The van der Waals surface area contributed by atoms with Gasteiger partial charge in [0.2, 0.25) is 0 Å². The van der Waals surface area contributed by atoms with Crippen LogP contribution < -0.4 is 0 Å². The summed E-state index contributed by atoms with van der Waals surface area (Å²) in [6, 6.07) is 0. The van der Waals surface area contributed by atoms with Gasteiger partial charge in [-0.25, -0.2) is 0 Å². The standard InChI is InChI=1S/C10H18O9/c11-1-4(13)5(14)6(15)7(16)8-9(17)10(18,2-12)3-19-8/h4-6,8-9,11-15,17-18H,1-3H2/t4-,5+,6-,8?,9+,10?/m1/s1. The summed E-state index contributed by atoms with van der Waals surface area (Å²) < 4.78 is 4.79. The number of Topliss-reactive ketones (excluding diaryl/α,β-unsaturated/α-hetero) is 1. The van der Waals surface area contributed by atoms with E-state index in [0.29, 0.717) is 0 Å². The van der Waals surface area contributed by atoms with Crippen LogP contribution in [0.15, 0.2) is 0 Å². The minimum Gasteiger partial charge on any atom is -0.394 e. The maximum Gasteiger partial charge on any atom is 0.195 e. The minimum atomic E-state index is -2.11. The molecule has 1 fully saturated rings. The van der Waals surface area contributed by atoms with Gasteiger partial charge in [0.05, 0.1) is 19.8 Å². The number of carbonyl (C=O) groups excluding carboxylic acids is 1. The van der Waals surface area contributed by atoms with Crippen LogP contribution in [0.3, 0.4) is 0 Å². The van der Waals surface area contributed by atoms with E-state index in [1.165, 1.54) is 0 Å². The third-order valence-electron chi connectivity index (χ3n) is 3.10. The van der Waals surface area contributed by atoms with Crippen LogP contribution in [-0.4, -0.2) is 97.5 Å². The topological polar surface area (TPSA) is 168 Å². The van der Waals surface area contributed by atoms with Crippen LogP contribution in [0.2, 0.25) is 0 Å². The summed E-state index contributed by atoms with van der Waals surface area (Å²) in [5.74, 6) is -1.17. The molecular weight excluding hydrogens is 264 g/mol. The van der Waals surface area contributed by atoms with E-state index in [1.54, 1.807) is 0 Å². The van der Waals surface area contributed by atoms with Crippen molar-refractivity contribution in [3.05, 3.63) is 0 Å². The molecule has 0 radical (unpaired) electrons. The second kappa shape index (κ2) is 6.20. The second-order valence-corrected chi connectivity index (χ2v) is 4.53. The molecule has 0 spiro atoms. The van der Waals surface area contributed by atoms with Crippen LogP contribution in [0.5, 0.6) is 0 Å². The van der Waals surface area contributed by atoms with Crippen LogP contribution in [0.4, 0.5) is 0 Å². The predicted molar refractivity (Wildman–Crippen MR) is 57.9 cm³/mol. The molecule has 0 aromatic heterocycles. The van der Waals surface area contributed by atoms with E-state index in [2.05, 4.69) is 0 Å². The lowest BCUT2D eigenvalue weighted by molar-refractivity contribution is -0.153. The van der Waals surface area contributed by atoms with E-state index < -0.39 is 61.7 Å². The summed E-state index contributed by atoms with van der Waals surface area (Å²) in [5, 5.41) is 64.7. The van der Waals surface area contributed by atoms with Crippen molar-refractivity contribution in [2.24, 2.45) is 0 Å². The number of ether oxygens (including phenoxy) is 1. The fraction of sp³-hybridized carbons (Fsp3) is 0.900.